The second kappa shape index (κ2) is 7.83. The highest BCUT2D eigenvalue weighted by atomic mass is 19.3. The number of amides is 2. The number of carbonyl (C=O) groups is 2. The van der Waals surface area contributed by atoms with Gasteiger partial charge < -0.3 is 15.4 Å². The fourth-order valence-corrected chi connectivity index (χ4v) is 1.70. The third-order valence-corrected chi connectivity index (χ3v) is 2.73. The van der Waals surface area contributed by atoms with Crippen LogP contribution in [0, 0.1) is 0 Å². The van der Waals surface area contributed by atoms with E-state index in [1.807, 2.05) is 0 Å². The molecule has 0 aliphatic heterocycles. The number of carbonyl (C=O) groups excluding carboxylic acids is 2. The third-order valence-electron chi connectivity index (χ3n) is 2.73. The predicted molar refractivity (Wildman–Crippen MR) is 77.8 cm³/mol. The van der Waals surface area contributed by atoms with Gasteiger partial charge in [-0.2, -0.15) is 8.78 Å². The van der Waals surface area contributed by atoms with E-state index in [0.717, 1.165) is 5.56 Å². The van der Waals surface area contributed by atoms with Gasteiger partial charge in [0.15, 0.2) is 0 Å². The van der Waals surface area contributed by atoms with Gasteiger partial charge in [-0.3, -0.25) is 14.6 Å². The van der Waals surface area contributed by atoms with Crippen LogP contribution in [0.5, 0.6) is 5.75 Å². The molecule has 8 heteroatoms. The molecule has 0 bridgehead atoms. The SMILES string of the molecule is O=C(NCc1ccncc1)C(=O)Nc1cccc(OC(F)F)c1. The van der Waals surface area contributed by atoms with E-state index in [4.69, 9.17) is 0 Å². The number of aromatic nitrogens is 1. The molecule has 120 valence electrons. The fourth-order valence-electron chi connectivity index (χ4n) is 1.70. The number of nitrogens with zero attached hydrogens (tertiary/aromatic N) is 1. The first-order chi connectivity index (χ1) is 11.0. The summed E-state index contributed by atoms with van der Waals surface area (Å²) in [4.78, 5) is 27.3. The van der Waals surface area contributed by atoms with Crippen LogP contribution in [0.1, 0.15) is 5.56 Å². The minimum atomic E-state index is -2.97. The lowest BCUT2D eigenvalue weighted by atomic mass is 10.2. The zero-order valence-electron chi connectivity index (χ0n) is 11.8. The molecule has 0 saturated heterocycles. The maximum Gasteiger partial charge on any atom is 0.387 e. The molecule has 0 spiro atoms. The number of hydrogen-bond acceptors (Lipinski definition) is 4. The smallest absolute Gasteiger partial charge is 0.387 e. The zero-order chi connectivity index (χ0) is 16.7. The Morgan fingerprint density at radius 1 is 1.13 bits per heavy atom. The van der Waals surface area contributed by atoms with Crippen LogP contribution >= 0.6 is 0 Å². The Bertz CT molecular complexity index is 681. The summed E-state index contributed by atoms with van der Waals surface area (Å²) in [6, 6.07) is 8.77. The molecule has 2 N–H and O–H groups in total. The number of benzene rings is 1. The van der Waals surface area contributed by atoms with E-state index in [1.165, 1.54) is 24.3 Å². The molecule has 0 unspecified atom stereocenters. The molecule has 0 saturated carbocycles. The number of hydrogen-bond donors (Lipinski definition) is 2. The lowest BCUT2D eigenvalue weighted by Crippen LogP contribution is -2.34. The van der Waals surface area contributed by atoms with Gasteiger partial charge in [0.1, 0.15) is 5.75 Å². The van der Waals surface area contributed by atoms with Crippen molar-refractivity contribution in [2.24, 2.45) is 0 Å². The van der Waals surface area contributed by atoms with Crippen molar-refractivity contribution in [1.82, 2.24) is 10.3 Å². The summed E-state index contributed by atoms with van der Waals surface area (Å²) in [6.45, 7) is -2.80. The summed E-state index contributed by atoms with van der Waals surface area (Å²) >= 11 is 0. The molecule has 2 amide bonds. The van der Waals surface area contributed by atoms with E-state index in [-0.39, 0.29) is 18.0 Å². The second-order valence-corrected chi connectivity index (χ2v) is 4.40. The number of nitrogens with one attached hydrogen (secondary N) is 2. The van der Waals surface area contributed by atoms with Gasteiger partial charge >= 0.3 is 18.4 Å². The van der Waals surface area contributed by atoms with Crippen LogP contribution in [0.3, 0.4) is 0 Å². The van der Waals surface area contributed by atoms with Crippen LogP contribution in [-0.2, 0) is 16.1 Å². The van der Waals surface area contributed by atoms with Crippen molar-refractivity contribution < 1.29 is 23.1 Å². The van der Waals surface area contributed by atoms with Gasteiger partial charge in [-0.05, 0) is 29.8 Å². The van der Waals surface area contributed by atoms with Crippen LogP contribution in [0.25, 0.3) is 0 Å². The zero-order valence-corrected chi connectivity index (χ0v) is 11.8. The maximum atomic E-state index is 12.1. The van der Waals surface area contributed by atoms with Crippen molar-refractivity contribution in [2.45, 2.75) is 13.2 Å². The Kier molecular flexibility index (Phi) is 5.56. The van der Waals surface area contributed by atoms with Gasteiger partial charge in [0, 0.05) is 30.7 Å². The Morgan fingerprint density at radius 2 is 1.87 bits per heavy atom. The van der Waals surface area contributed by atoms with E-state index in [9.17, 15) is 18.4 Å². The Labute approximate surface area is 130 Å². The molecule has 0 aliphatic rings. The Hall–Kier alpha value is -3.03. The minimum Gasteiger partial charge on any atom is -0.435 e. The average Bonchev–Trinajstić information content (AvgIpc) is 2.53. The molecular formula is C15H13F2N3O3. The Balaban J connectivity index is 1.89. The van der Waals surface area contributed by atoms with Crippen LogP contribution in [-0.4, -0.2) is 23.4 Å². The van der Waals surface area contributed by atoms with Crippen LogP contribution in [0.15, 0.2) is 48.8 Å². The lowest BCUT2D eigenvalue weighted by molar-refractivity contribution is -0.136. The molecular weight excluding hydrogens is 308 g/mol. The highest BCUT2D eigenvalue weighted by Gasteiger charge is 2.14. The topological polar surface area (TPSA) is 80.3 Å². The quantitative estimate of drug-likeness (QED) is 0.825. The first kappa shape index (κ1) is 16.3. The van der Waals surface area contributed by atoms with E-state index in [1.54, 1.807) is 24.5 Å². The standard InChI is InChI=1S/C15H13F2N3O3/c16-15(17)23-12-3-1-2-11(8-12)20-14(22)13(21)19-9-10-4-6-18-7-5-10/h1-8,15H,9H2,(H,19,21)(H,20,22). The largest absolute Gasteiger partial charge is 0.435 e. The molecule has 0 radical (unpaired) electrons. The number of pyridine rings is 1. The first-order valence-electron chi connectivity index (χ1n) is 6.57. The van der Waals surface area contributed by atoms with Gasteiger partial charge in [-0.1, -0.05) is 6.07 Å². The van der Waals surface area contributed by atoms with Crippen molar-refractivity contribution in [3.63, 3.8) is 0 Å². The van der Waals surface area contributed by atoms with Crippen LogP contribution in [0.2, 0.25) is 0 Å². The first-order valence-corrected chi connectivity index (χ1v) is 6.57. The molecule has 0 aliphatic carbocycles. The van der Waals surface area contributed by atoms with E-state index < -0.39 is 18.4 Å². The van der Waals surface area contributed by atoms with Gasteiger partial charge in [0.25, 0.3) is 0 Å². The highest BCUT2D eigenvalue weighted by Crippen LogP contribution is 2.19. The van der Waals surface area contributed by atoms with Crippen molar-refractivity contribution >= 4 is 17.5 Å². The summed E-state index contributed by atoms with van der Waals surface area (Å²) in [5.74, 6) is -1.87. The van der Waals surface area contributed by atoms with Gasteiger partial charge in [0.2, 0.25) is 0 Å². The predicted octanol–water partition coefficient (Wildman–Crippen LogP) is 1.94. The second-order valence-electron chi connectivity index (χ2n) is 4.40. The molecule has 1 aromatic carbocycles. The maximum absolute atomic E-state index is 12.1. The average molecular weight is 321 g/mol. The third kappa shape index (κ3) is 5.34. The molecule has 1 aromatic heterocycles. The summed E-state index contributed by atoms with van der Waals surface area (Å²) in [7, 11) is 0. The van der Waals surface area contributed by atoms with Crippen LogP contribution in [0.4, 0.5) is 14.5 Å². The number of ether oxygens (including phenoxy) is 1. The molecule has 0 atom stereocenters. The highest BCUT2D eigenvalue weighted by molar-refractivity contribution is 6.39. The fraction of sp³-hybridized carbons (Fsp3) is 0.133. The molecule has 1 heterocycles. The van der Waals surface area contributed by atoms with E-state index >= 15 is 0 Å². The van der Waals surface area contributed by atoms with Crippen molar-refractivity contribution in [2.75, 3.05) is 5.32 Å². The summed E-state index contributed by atoms with van der Waals surface area (Å²) < 4.78 is 28.5. The molecule has 23 heavy (non-hydrogen) atoms. The molecule has 2 aromatic rings. The number of anilines is 1. The summed E-state index contributed by atoms with van der Waals surface area (Å²) in [5, 5.41) is 4.74. The molecule has 2 rings (SSSR count). The molecule has 0 fully saturated rings. The van der Waals surface area contributed by atoms with E-state index in [0.29, 0.717) is 0 Å². The van der Waals surface area contributed by atoms with Gasteiger partial charge in [-0.15, -0.1) is 0 Å². The Morgan fingerprint density at radius 3 is 2.57 bits per heavy atom. The molecule has 6 nitrogen and oxygen atoms in total. The number of halogens is 2. The minimum absolute atomic E-state index is 0.116. The van der Waals surface area contributed by atoms with Crippen molar-refractivity contribution in [3.8, 4) is 5.75 Å². The van der Waals surface area contributed by atoms with Gasteiger partial charge in [0.05, 0.1) is 0 Å². The number of rotatable bonds is 5. The van der Waals surface area contributed by atoms with Gasteiger partial charge in [-0.25, -0.2) is 0 Å². The van der Waals surface area contributed by atoms with Crippen molar-refractivity contribution in [3.05, 3.63) is 54.4 Å². The lowest BCUT2D eigenvalue weighted by Gasteiger charge is -2.08. The van der Waals surface area contributed by atoms with Crippen LogP contribution < -0.4 is 15.4 Å². The monoisotopic (exact) mass is 321 g/mol. The summed E-state index contributed by atoms with van der Waals surface area (Å²) in [5.41, 5.74) is 0.959. The van der Waals surface area contributed by atoms with E-state index in [2.05, 4.69) is 20.4 Å². The number of alkyl halides is 2. The van der Waals surface area contributed by atoms with Crippen molar-refractivity contribution in [1.29, 1.82) is 0 Å². The summed E-state index contributed by atoms with van der Waals surface area (Å²) in [6.07, 6.45) is 3.13. The normalized spacial score (nSPS) is 10.2.